The third-order valence-corrected chi connectivity index (χ3v) is 3.88. The molecule has 1 amide bonds. The molecular formula is C15H18ClNO4. The summed E-state index contributed by atoms with van der Waals surface area (Å²) in [7, 11) is 0. The molecular weight excluding hydrogens is 294 g/mol. The van der Waals surface area contributed by atoms with Crippen LogP contribution in [-0.4, -0.2) is 41.1 Å². The van der Waals surface area contributed by atoms with E-state index in [1.54, 1.807) is 36.1 Å². The third-order valence-electron chi connectivity index (χ3n) is 3.57. The maximum Gasteiger partial charge on any atom is 0.308 e. The lowest BCUT2D eigenvalue weighted by molar-refractivity contribution is -0.147. The van der Waals surface area contributed by atoms with Gasteiger partial charge in [0.15, 0.2) is 6.10 Å². The van der Waals surface area contributed by atoms with E-state index in [1.807, 2.05) is 0 Å². The Morgan fingerprint density at radius 2 is 2.14 bits per heavy atom. The van der Waals surface area contributed by atoms with Crippen LogP contribution in [0.15, 0.2) is 24.3 Å². The number of carboxylic acids is 1. The van der Waals surface area contributed by atoms with Crippen molar-refractivity contribution in [2.24, 2.45) is 5.92 Å². The van der Waals surface area contributed by atoms with Crippen molar-refractivity contribution in [3.63, 3.8) is 0 Å². The van der Waals surface area contributed by atoms with Crippen molar-refractivity contribution in [1.29, 1.82) is 0 Å². The first-order valence-corrected chi connectivity index (χ1v) is 7.29. The highest BCUT2D eigenvalue weighted by Crippen LogP contribution is 2.25. The van der Waals surface area contributed by atoms with Crippen molar-refractivity contribution >= 4 is 23.5 Å². The molecule has 0 spiro atoms. The van der Waals surface area contributed by atoms with E-state index in [4.69, 9.17) is 21.4 Å². The number of ether oxygens (including phenoxy) is 1. The van der Waals surface area contributed by atoms with Crippen LogP contribution in [0.3, 0.4) is 0 Å². The Labute approximate surface area is 128 Å². The Balaban J connectivity index is 1.99. The van der Waals surface area contributed by atoms with Gasteiger partial charge in [-0.25, -0.2) is 0 Å². The zero-order valence-electron chi connectivity index (χ0n) is 11.8. The summed E-state index contributed by atoms with van der Waals surface area (Å²) in [5.41, 5.74) is 0. The largest absolute Gasteiger partial charge is 0.481 e. The van der Waals surface area contributed by atoms with Gasteiger partial charge >= 0.3 is 5.97 Å². The van der Waals surface area contributed by atoms with Crippen LogP contribution in [-0.2, 0) is 9.59 Å². The van der Waals surface area contributed by atoms with E-state index in [9.17, 15) is 9.59 Å². The molecule has 1 fully saturated rings. The number of likely N-dealkylation sites (tertiary alicyclic amines) is 1. The molecule has 1 aromatic rings. The van der Waals surface area contributed by atoms with E-state index in [0.29, 0.717) is 30.2 Å². The molecule has 2 atom stereocenters. The molecule has 0 saturated carbocycles. The number of hydrogen-bond acceptors (Lipinski definition) is 3. The Kier molecular flexibility index (Phi) is 5.07. The fourth-order valence-electron chi connectivity index (χ4n) is 2.42. The van der Waals surface area contributed by atoms with Gasteiger partial charge in [-0.1, -0.05) is 23.7 Å². The Bertz CT molecular complexity index is 534. The highest BCUT2D eigenvalue weighted by molar-refractivity contribution is 6.32. The highest BCUT2D eigenvalue weighted by Gasteiger charge is 2.31. The van der Waals surface area contributed by atoms with Crippen molar-refractivity contribution in [2.75, 3.05) is 13.1 Å². The Morgan fingerprint density at radius 3 is 2.81 bits per heavy atom. The molecule has 1 aromatic carbocycles. The minimum Gasteiger partial charge on any atom is -0.481 e. The van der Waals surface area contributed by atoms with Crippen LogP contribution in [0.25, 0.3) is 0 Å². The first-order chi connectivity index (χ1) is 9.99. The van der Waals surface area contributed by atoms with E-state index >= 15 is 0 Å². The summed E-state index contributed by atoms with van der Waals surface area (Å²) in [6, 6.07) is 6.95. The number of carbonyl (C=O) groups is 2. The predicted molar refractivity (Wildman–Crippen MR) is 78.5 cm³/mol. The number of amides is 1. The molecule has 1 aliphatic heterocycles. The fourth-order valence-corrected chi connectivity index (χ4v) is 2.60. The van der Waals surface area contributed by atoms with Gasteiger partial charge in [-0.3, -0.25) is 9.59 Å². The quantitative estimate of drug-likeness (QED) is 0.927. The summed E-state index contributed by atoms with van der Waals surface area (Å²) in [6.45, 7) is 2.46. The first kappa shape index (κ1) is 15.6. The maximum absolute atomic E-state index is 12.3. The van der Waals surface area contributed by atoms with Crippen molar-refractivity contribution < 1.29 is 19.4 Å². The van der Waals surface area contributed by atoms with Gasteiger partial charge in [-0.05, 0) is 31.9 Å². The molecule has 6 heteroatoms. The summed E-state index contributed by atoms with van der Waals surface area (Å²) in [5.74, 6) is -1.10. The second-order valence-electron chi connectivity index (χ2n) is 5.15. The second kappa shape index (κ2) is 6.80. The second-order valence-corrected chi connectivity index (χ2v) is 5.56. The van der Waals surface area contributed by atoms with Crippen LogP contribution in [0.5, 0.6) is 5.75 Å². The van der Waals surface area contributed by atoms with Crippen molar-refractivity contribution in [3.8, 4) is 5.75 Å². The van der Waals surface area contributed by atoms with Crippen LogP contribution >= 0.6 is 11.6 Å². The summed E-state index contributed by atoms with van der Waals surface area (Å²) < 4.78 is 5.59. The van der Waals surface area contributed by atoms with E-state index in [2.05, 4.69) is 0 Å². The molecule has 2 rings (SSSR count). The lowest BCUT2D eigenvalue weighted by Crippen LogP contribution is -2.47. The van der Waals surface area contributed by atoms with Crippen LogP contribution in [0.1, 0.15) is 19.8 Å². The highest BCUT2D eigenvalue weighted by atomic mass is 35.5. The van der Waals surface area contributed by atoms with Gasteiger partial charge in [0.25, 0.3) is 5.91 Å². The zero-order chi connectivity index (χ0) is 15.4. The number of nitrogens with zero attached hydrogens (tertiary/aromatic N) is 1. The van der Waals surface area contributed by atoms with Crippen LogP contribution < -0.4 is 4.74 Å². The smallest absolute Gasteiger partial charge is 0.308 e. The van der Waals surface area contributed by atoms with Gasteiger partial charge in [0.1, 0.15) is 5.75 Å². The number of carboxylic acid groups (broad SMARTS) is 1. The molecule has 1 N–H and O–H groups in total. The topological polar surface area (TPSA) is 66.8 Å². The maximum atomic E-state index is 12.3. The van der Waals surface area contributed by atoms with Crippen molar-refractivity contribution in [2.45, 2.75) is 25.9 Å². The Morgan fingerprint density at radius 1 is 1.43 bits per heavy atom. The monoisotopic (exact) mass is 311 g/mol. The number of piperidine rings is 1. The van der Waals surface area contributed by atoms with Gasteiger partial charge in [0, 0.05) is 13.1 Å². The standard InChI is InChI=1S/C15H18ClNO4/c1-10(21-13-7-3-2-6-12(13)16)14(18)17-8-4-5-11(9-17)15(19)20/h2-3,6-7,10-11H,4-5,8-9H2,1H3,(H,19,20)/t10-,11+/m1/s1. The summed E-state index contributed by atoms with van der Waals surface area (Å²) in [4.78, 5) is 24.9. The van der Waals surface area contributed by atoms with Crippen molar-refractivity contribution in [1.82, 2.24) is 4.90 Å². The fraction of sp³-hybridized carbons (Fsp3) is 0.467. The molecule has 0 radical (unpaired) electrons. The third kappa shape index (κ3) is 3.88. The number of hydrogen-bond donors (Lipinski definition) is 1. The lowest BCUT2D eigenvalue weighted by Gasteiger charge is -2.32. The average molecular weight is 312 g/mol. The van der Waals surface area contributed by atoms with Gasteiger partial charge in [-0.2, -0.15) is 0 Å². The average Bonchev–Trinajstić information content (AvgIpc) is 2.49. The Hall–Kier alpha value is -1.75. The van der Waals surface area contributed by atoms with Gasteiger partial charge in [-0.15, -0.1) is 0 Å². The summed E-state index contributed by atoms with van der Waals surface area (Å²) in [6.07, 6.45) is 0.609. The van der Waals surface area contributed by atoms with E-state index in [0.717, 1.165) is 0 Å². The van der Waals surface area contributed by atoms with Gasteiger partial charge in [0.2, 0.25) is 0 Å². The van der Waals surface area contributed by atoms with Crippen LogP contribution in [0.2, 0.25) is 5.02 Å². The number of aliphatic carboxylic acids is 1. The number of benzene rings is 1. The van der Waals surface area contributed by atoms with Crippen molar-refractivity contribution in [3.05, 3.63) is 29.3 Å². The molecule has 5 nitrogen and oxygen atoms in total. The molecule has 0 aromatic heterocycles. The molecule has 21 heavy (non-hydrogen) atoms. The molecule has 1 heterocycles. The number of carbonyl (C=O) groups excluding carboxylic acids is 1. The molecule has 1 aliphatic rings. The minimum atomic E-state index is -0.854. The minimum absolute atomic E-state index is 0.208. The molecule has 0 unspecified atom stereocenters. The van der Waals surface area contributed by atoms with E-state index in [1.165, 1.54) is 0 Å². The number of rotatable bonds is 4. The summed E-state index contributed by atoms with van der Waals surface area (Å²) >= 11 is 6.00. The van der Waals surface area contributed by atoms with Gasteiger partial charge in [0.05, 0.1) is 10.9 Å². The van der Waals surface area contributed by atoms with Crippen LogP contribution in [0, 0.1) is 5.92 Å². The summed E-state index contributed by atoms with van der Waals surface area (Å²) in [5, 5.41) is 9.51. The number of halogens is 1. The molecule has 0 bridgehead atoms. The van der Waals surface area contributed by atoms with E-state index in [-0.39, 0.29) is 12.5 Å². The number of para-hydroxylation sites is 1. The molecule has 1 saturated heterocycles. The molecule has 0 aliphatic carbocycles. The van der Waals surface area contributed by atoms with Gasteiger partial charge < -0.3 is 14.7 Å². The van der Waals surface area contributed by atoms with Crippen LogP contribution in [0.4, 0.5) is 0 Å². The first-order valence-electron chi connectivity index (χ1n) is 6.92. The predicted octanol–water partition coefficient (Wildman–Crippen LogP) is 2.43. The lowest BCUT2D eigenvalue weighted by atomic mass is 9.98. The normalized spacial score (nSPS) is 19.9. The zero-order valence-corrected chi connectivity index (χ0v) is 12.5. The SMILES string of the molecule is C[C@@H](Oc1ccccc1Cl)C(=O)N1CCC[C@H](C(=O)O)C1. The van der Waals surface area contributed by atoms with E-state index < -0.39 is 18.0 Å². The molecule has 114 valence electrons.